The van der Waals surface area contributed by atoms with Crippen LogP contribution in [0.4, 0.5) is 0 Å². The summed E-state index contributed by atoms with van der Waals surface area (Å²) in [6.07, 6.45) is 5.96. The monoisotopic (exact) mass is 176 g/mol. The van der Waals surface area contributed by atoms with E-state index < -0.39 is 0 Å². The zero-order valence-electron chi connectivity index (χ0n) is 8.20. The molecular formula is C11H16N2. The lowest BCUT2D eigenvalue weighted by Gasteiger charge is -2.10. The van der Waals surface area contributed by atoms with Crippen molar-refractivity contribution in [3.63, 3.8) is 0 Å². The van der Waals surface area contributed by atoms with Crippen molar-refractivity contribution in [2.75, 3.05) is 6.54 Å². The summed E-state index contributed by atoms with van der Waals surface area (Å²) in [5.41, 5.74) is 1.09. The summed E-state index contributed by atoms with van der Waals surface area (Å²) in [4.78, 5) is 4.27. The molecule has 0 radical (unpaired) electrons. The van der Waals surface area contributed by atoms with Crippen molar-refractivity contribution in [3.8, 4) is 0 Å². The first-order valence-corrected chi connectivity index (χ1v) is 4.60. The van der Waals surface area contributed by atoms with Crippen LogP contribution >= 0.6 is 0 Å². The molecule has 1 rings (SSSR count). The summed E-state index contributed by atoms with van der Waals surface area (Å²) in [6, 6.07) is 6.29. The minimum absolute atomic E-state index is 0.317. The number of nitrogens with one attached hydrogen (secondary N) is 1. The second-order valence-electron chi connectivity index (χ2n) is 2.95. The summed E-state index contributed by atoms with van der Waals surface area (Å²) in [7, 11) is 0. The summed E-state index contributed by atoms with van der Waals surface area (Å²) in [5, 5.41) is 3.35. The Balaban J connectivity index is 2.44. The lowest BCUT2D eigenvalue weighted by molar-refractivity contribution is 0.601. The van der Waals surface area contributed by atoms with Gasteiger partial charge >= 0.3 is 0 Å². The molecule has 1 N–H and O–H groups in total. The quantitative estimate of drug-likeness (QED) is 0.712. The fraction of sp³-hybridized carbons (Fsp3) is 0.364. The standard InChI is InChI=1S/C11H16N2/c1-3-4-8-12-10(2)11-7-5-6-9-13-11/h3-7,9-10,12H,8H2,1-2H3/b4-3+. The van der Waals surface area contributed by atoms with E-state index >= 15 is 0 Å². The second-order valence-corrected chi connectivity index (χ2v) is 2.95. The molecule has 0 aliphatic carbocycles. The summed E-state index contributed by atoms with van der Waals surface area (Å²) in [6.45, 7) is 5.03. The Hall–Kier alpha value is -1.15. The molecule has 0 amide bonds. The molecule has 1 heterocycles. The van der Waals surface area contributed by atoms with Gasteiger partial charge in [-0.15, -0.1) is 0 Å². The van der Waals surface area contributed by atoms with Crippen LogP contribution in [0.2, 0.25) is 0 Å². The first-order valence-electron chi connectivity index (χ1n) is 4.60. The van der Waals surface area contributed by atoms with Crippen LogP contribution in [0.5, 0.6) is 0 Å². The smallest absolute Gasteiger partial charge is 0.0570 e. The maximum absolute atomic E-state index is 4.27. The van der Waals surface area contributed by atoms with Crippen LogP contribution in [0.25, 0.3) is 0 Å². The fourth-order valence-corrected chi connectivity index (χ4v) is 1.10. The van der Waals surface area contributed by atoms with Gasteiger partial charge in [-0.2, -0.15) is 0 Å². The number of rotatable bonds is 4. The van der Waals surface area contributed by atoms with Gasteiger partial charge in [0, 0.05) is 18.8 Å². The molecule has 0 aromatic carbocycles. The molecule has 2 heteroatoms. The van der Waals surface area contributed by atoms with E-state index in [2.05, 4.69) is 23.3 Å². The third-order valence-electron chi connectivity index (χ3n) is 1.91. The Morgan fingerprint density at radius 2 is 2.38 bits per heavy atom. The summed E-state index contributed by atoms with van der Waals surface area (Å²) in [5.74, 6) is 0. The molecule has 2 nitrogen and oxygen atoms in total. The molecule has 1 aromatic rings. The van der Waals surface area contributed by atoms with Gasteiger partial charge in [0.1, 0.15) is 0 Å². The van der Waals surface area contributed by atoms with Crippen molar-refractivity contribution < 1.29 is 0 Å². The Morgan fingerprint density at radius 1 is 1.54 bits per heavy atom. The molecule has 0 saturated heterocycles. The van der Waals surface area contributed by atoms with Gasteiger partial charge < -0.3 is 5.32 Å². The number of aromatic nitrogens is 1. The molecular weight excluding hydrogens is 160 g/mol. The van der Waals surface area contributed by atoms with Crippen molar-refractivity contribution in [2.45, 2.75) is 19.9 Å². The zero-order chi connectivity index (χ0) is 9.52. The van der Waals surface area contributed by atoms with E-state index in [0.717, 1.165) is 12.2 Å². The third kappa shape index (κ3) is 3.38. The molecule has 0 aliphatic rings. The first-order chi connectivity index (χ1) is 6.34. The van der Waals surface area contributed by atoms with E-state index in [1.165, 1.54) is 0 Å². The molecule has 13 heavy (non-hydrogen) atoms. The van der Waals surface area contributed by atoms with Gasteiger partial charge in [0.15, 0.2) is 0 Å². The lowest BCUT2D eigenvalue weighted by atomic mass is 10.2. The zero-order valence-corrected chi connectivity index (χ0v) is 8.20. The Kier molecular flexibility index (Phi) is 4.19. The highest BCUT2D eigenvalue weighted by atomic mass is 14.9. The van der Waals surface area contributed by atoms with Crippen LogP contribution in [-0.2, 0) is 0 Å². The van der Waals surface area contributed by atoms with Crippen molar-refractivity contribution >= 4 is 0 Å². The highest BCUT2D eigenvalue weighted by molar-refractivity contribution is 5.07. The SMILES string of the molecule is C/C=C/CNC(C)c1ccccn1. The summed E-state index contributed by atoms with van der Waals surface area (Å²) < 4.78 is 0. The van der Waals surface area contributed by atoms with Gasteiger partial charge in [-0.25, -0.2) is 0 Å². The van der Waals surface area contributed by atoms with Crippen LogP contribution in [0.1, 0.15) is 25.6 Å². The van der Waals surface area contributed by atoms with Crippen LogP contribution in [-0.4, -0.2) is 11.5 Å². The molecule has 0 saturated carbocycles. The molecule has 0 spiro atoms. The van der Waals surface area contributed by atoms with E-state index in [9.17, 15) is 0 Å². The highest BCUT2D eigenvalue weighted by Gasteiger charge is 2.02. The van der Waals surface area contributed by atoms with E-state index in [4.69, 9.17) is 0 Å². The van der Waals surface area contributed by atoms with E-state index in [-0.39, 0.29) is 0 Å². The van der Waals surface area contributed by atoms with Crippen LogP contribution in [0.3, 0.4) is 0 Å². The van der Waals surface area contributed by atoms with E-state index in [1.807, 2.05) is 37.4 Å². The van der Waals surface area contributed by atoms with Gasteiger partial charge in [-0.05, 0) is 26.0 Å². The number of pyridine rings is 1. The highest BCUT2D eigenvalue weighted by Crippen LogP contribution is 2.06. The summed E-state index contributed by atoms with van der Waals surface area (Å²) >= 11 is 0. The van der Waals surface area contributed by atoms with Gasteiger partial charge in [-0.3, -0.25) is 4.98 Å². The Morgan fingerprint density at radius 3 is 3.00 bits per heavy atom. The number of hydrogen-bond acceptors (Lipinski definition) is 2. The maximum Gasteiger partial charge on any atom is 0.0570 e. The molecule has 0 bridgehead atoms. The minimum Gasteiger partial charge on any atom is -0.305 e. The largest absolute Gasteiger partial charge is 0.305 e. The normalized spacial score (nSPS) is 13.4. The number of allylic oxidation sites excluding steroid dienone is 1. The van der Waals surface area contributed by atoms with Gasteiger partial charge in [-0.1, -0.05) is 18.2 Å². The predicted octanol–water partition coefficient (Wildman–Crippen LogP) is 2.31. The average molecular weight is 176 g/mol. The van der Waals surface area contributed by atoms with Crippen molar-refractivity contribution in [2.24, 2.45) is 0 Å². The van der Waals surface area contributed by atoms with Crippen LogP contribution in [0.15, 0.2) is 36.5 Å². The number of nitrogens with zero attached hydrogens (tertiary/aromatic N) is 1. The van der Waals surface area contributed by atoms with Crippen molar-refractivity contribution in [1.29, 1.82) is 0 Å². The Bertz CT molecular complexity index is 254. The molecule has 1 aromatic heterocycles. The molecule has 0 aliphatic heterocycles. The van der Waals surface area contributed by atoms with E-state index in [1.54, 1.807) is 0 Å². The minimum atomic E-state index is 0.317. The Labute approximate surface area is 79.7 Å². The van der Waals surface area contributed by atoms with E-state index in [0.29, 0.717) is 6.04 Å². The molecule has 70 valence electrons. The van der Waals surface area contributed by atoms with Gasteiger partial charge in [0.2, 0.25) is 0 Å². The van der Waals surface area contributed by atoms with Crippen LogP contribution in [0, 0.1) is 0 Å². The van der Waals surface area contributed by atoms with Gasteiger partial charge in [0.25, 0.3) is 0 Å². The average Bonchev–Trinajstić information content (AvgIpc) is 2.19. The topological polar surface area (TPSA) is 24.9 Å². The fourth-order valence-electron chi connectivity index (χ4n) is 1.10. The molecule has 0 fully saturated rings. The maximum atomic E-state index is 4.27. The van der Waals surface area contributed by atoms with Gasteiger partial charge in [0.05, 0.1) is 5.69 Å². The number of hydrogen-bond donors (Lipinski definition) is 1. The predicted molar refractivity (Wildman–Crippen MR) is 55.5 cm³/mol. The lowest BCUT2D eigenvalue weighted by Crippen LogP contribution is -2.19. The third-order valence-corrected chi connectivity index (χ3v) is 1.91. The first kappa shape index (κ1) is 9.93. The molecule has 1 atom stereocenters. The van der Waals surface area contributed by atoms with Crippen molar-refractivity contribution in [1.82, 2.24) is 10.3 Å². The second kappa shape index (κ2) is 5.49. The van der Waals surface area contributed by atoms with Crippen LogP contribution < -0.4 is 5.32 Å². The molecule has 1 unspecified atom stereocenters. The van der Waals surface area contributed by atoms with Crippen molar-refractivity contribution in [3.05, 3.63) is 42.2 Å².